The van der Waals surface area contributed by atoms with Crippen molar-refractivity contribution in [1.29, 1.82) is 0 Å². The van der Waals surface area contributed by atoms with Crippen LogP contribution in [0.1, 0.15) is 17.2 Å². The molecular formula is C22H23ClN2O5. The minimum Gasteiger partial charge on any atom is -0.508 e. The van der Waals surface area contributed by atoms with Crippen LogP contribution in [0, 0.1) is 0 Å². The molecule has 1 amide bonds. The number of aromatic hydroxyl groups is 1. The van der Waals surface area contributed by atoms with Gasteiger partial charge in [0, 0.05) is 18.7 Å². The van der Waals surface area contributed by atoms with Crippen LogP contribution in [-0.4, -0.2) is 66.0 Å². The average Bonchev–Trinajstić information content (AvgIpc) is 2.97. The summed E-state index contributed by atoms with van der Waals surface area (Å²) >= 11 is 6.07. The number of carbonyl (C=O) groups excluding carboxylic acids is 2. The maximum absolute atomic E-state index is 12.9. The zero-order valence-corrected chi connectivity index (χ0v) is 17.7. The number of ketones is 1. The Morgan fingerprint density at radius 3 is 2.43 bits per heavy atom. The summed E-state index contributed by atoms with van der Waals surface area (Å²) in [6.45, 7) is 0.834. The average molecular weight is 431 g/mol. The molecule has 0 aliphatic carbocycles. The number of likely N-dealkylation sites (tertiary alicyclic amines) is 1. The van der Waals surface area contributed by atoms with Gasteiger partial charge in [0.1, 0.15) is 17.3 Å². The Bertz CT molecular complexity index is 1000. The lowest BCUT2D eigenvalue weighted by atomic mass is 9.95. The van der Waals surface area contributed by atoms with Crippen molar-refractivity contribution in [2.24, 2.45) is 0 Å². The fourth-order valence-electron chi connectivity index (χ4n) is 3.38. The number of Topliss-reactive ketones (excluding diaryl/α,β-unsaturated/α-hetero) is 1. The zero-order valence-electron chi connectivity index (χ0n) is 16.9. The first kappa shape index (κ1) is 21.7. The van der Waals surface area contributed by atoms with Crippen LogP contribution in [0.25, 0.3) is 5.76 Å². The van der Waals surface area contributed by atoms with Gasteiger partial charge >= 0.3 is 0 Å². The van der Waals surface area contributed by atoms with Crippen molar-refractivity contribution >= 4 is 29.1 Å². The summed E-state index contributed by atoms with van der Waals surface area (Å²) in [6.07, 6.45) is 0. The molecule has 1 aliphatic heterocycles. The molecule has 8 heteroatoms. The van der Waals surface area contributed by atoms with E-state index in [0.717, 1.165) is 0 Å². The Morgan fingerprint density at radius 1 is 1.17 bits per heavy atom. The summed E-state index contributed by atoms with van der Waals surface area (Å²) in [7, 11) is 5.18. The second-order valence-electron chi connectivity index (χ2n) is 7.24. The second-order valence-corrected chi connectivity index (χ2v) is 7.64. The van der Waals surface area contributed by atoms with Crippen LogP contribution in [0.5, 0.6) is 11.5 Å². The minimum atomic E-state index is -0.785. The lowest BCUT2D eigenvalue weighted by Gasteiger charge is -2.26. The molecule has 2 aromatic carbocycles. The van der Waals surface area contributed by atoms with Crippen LogP contribution in [0.15, 0.2) is 48.0 Å². The van der Waals surface area contributed by atoms with Gasteiger partial charge in [0.2, 0.25) is 0 Å². The van der Waals surface area contributed by atoms with Crippen molar-refractivity contribution in [2.45, 2.75) is 6.04 Å². The van der Waals surface area contributed by atoms with Crippen LogP contribution in [0.4, 0.5) is 0 Å². The predicted molar refractivity (Wildman–Crippen MR) is 114 cm³/mol. The highest BCUT2D eigenvalue weighted by Crippen LogP contribution is 2.40. The molecule has 1 fully saturated rings. The number of phenolic OH excluding ortho intramolecular Hbond substituents is 1. The number of phenols is 1. The summed E-state index contributed by atoms with van der Waals surface area (Å²) in [5.74, 6) is -1.36. The van der Waals surface area contributed by atoms with Crippen LogP contribution < -0.4 is 4.74 Å². The van der Waals surface area contributed by atoms with Gasteiger partial charge in [0.25, 0.3) is 11.7 Å². The Kier molecular flexibility index (Phi) is 6.34. The number of amides is 1. The van der Waals surface area contributed by atoms with Gasteiger partial charge in [-0.1, -0.05) is 23.7 Å². The predicted octanol–water partition coefficient (Wildman–Crippen LogP) is 3.04. The fraction of sp³-hybridized carbons (Fsp3) is 0.273. The molecule has 1 heterocycles. The van der Waals surface area contributed by atoms with Gasteiger partial charge in [-0.15, -0.1) is 0 Å². The Balaban J connectivity index is 2.16. The number of nitrogens with zero attached hydrogens (tertiary/aromatic N) is 2. The first-order chi connectivity index (χ1) is 14.2. The number of rotatable bonds is 6. The van der Waals surface area contributed by atoms with E-state index in [-0.39, 0.29) is 17.1 Å². The smallest absolute Gasteiger partial charge is 0.295 e. The molecule has 158 valence electrons. The first-order valence-electron chi connectivity index (χ1n) is 9.30. The van der Waals surface area contributed by atoms with Crippen molar-refractivity contribution in [3.05, 3.63) is 64.2 Å². The van der Waals surface area contributed by atoms with E-state index in [1.807, 2.05) is 19.0 Å². The second kappa shape index (κ2) is 8.77. The largest absolute Gasteiger partial charge is 0.508 e. The molecule has 1 aliphatic rings. The number of benzene rings is 2. The summed E-state index contributed by atoms with van der Waals surface area (Å²) in [5.41, 5.74) is 0.896. The number of hydrogen-bond donors (Lipinski definition) is 2. The number of likely N-dealkylation sites (N-methyl/N-ethyl adjacent to an activating group) is 1. The molecule has 7 nitrogen and oxygen atoms in total. The number of halogens is 1. The molecule has 0 saturated carbocycles. The molecule has 30 heavy (non-hydrogen) atoms. The number of methoxy groups -OCH3 is 1. The molecular weight excluding hydrogens is 408 g/mol. The number of ether oxygens (including phenoxy) is 1. The third-order valence-electron chi connectivity index (χ3n) is 4.96. The lowest BCUT2D eigenvalue weighted by molar-refractivity contribution is -0.140. The molecule has 0 bridgehead atoms. The fourth-order valence-corrected chi connectivity index (χ4v) is 3.58. The van der Waals surface area contributed by atoms with Gasteiger partial charge in [0.05, 0.1) is 23.7 Å². The van der Waals surface area contributed by atoms with Crippen LogP contribution >= 0.6 is 11.6 Å². The van der Waals surface area contributed by atoms with Gasteiger partial charge in [-0.2, -0.15) is 0 Å². The van der Waals surface area contributed by atoms with Gasteiger partial charge in [-0.05, 0) is 50.0 Å². The molecule has 0 spiro atoms. The van der Waals surface area contributed by atoms with Crippen LogP contribution in [0.3, 0.4) is 0 Å². The normalized spacial score (nSPS) is 18.3. The maximum atomic E-state index is 12.9. The lowest BCUT2D eigenvalue weighted by Crippen LogP contribution is -2.35. The number of carbonyl (C=O) groups is 2. The molecule has 1 unspecified atom stereocenters. The van der Waals surface area contributed by atoms with Crippen LogP contribution in [-0.2, 0) is 9.59 Å². The van der Waals surface area contributed by atoms with E-state index >= 15 is 0 Å². The zero-order chi connectivity index (χ0) is 22.0. The number of aliphatic hydroxyl groups is 1. The van der Waals surface area contributed by atoms with E-state index in [9.17, 15) is 19.8 Å². The highest BCUT2D eigenvalue weighted by molar-refractivity contribution is 6.46. The monoisotopic (exact) mass is 430 g/mol. The molecule has 3 rings (SSSR count). The maximum Gasteiger partial charge on any atom is 0.295 e. The molecule has 0 aromatic heterocycles. The molecule has 0 radical (unpaired) electrons. The quantitative estimate of drug-likeness (QED) is 0.416. The van der Waals surface area contributed by atoms with Gasteiger partial charge in [0.15, 0.2) is 0 Å². The summed E-state index contributed by atoms with van der Waals surface area (Å²) < 4.78 is 5.20. The SMILES string of the molecule is COc1cc(/C(O)=C2/C(=O)C(=O)N(CCN(C)C)C2c2ccc(O)cc2)ccc1Cl. The first-order valence-corrected chi connectivity index (χ1v) is 9.68. The van der Waals surface area contributed by atoms with E-state index in [0.29, 0.717) is 35.0 Å². The third kappa shape index (κ3) is 4.13. The summed E-state index contributed by atoms with van der Waals surface area (Å²) in [5, 5.41) is 21.0. The summed E-state index contributed by atoms with van der Waals surface area (Å²) in [4.78, 5) is 29.1. The van der Waals surface area contributed by atoms with Crippen molar-refractivity contribution in [3.8, 4) is 11.5 Å². The molecule has 2 N–H and O–H groups in total. The van der Waals surface area contributed by atoms with Crippen molar-refractivity contribution in [3.63, 3.8) is 0 Å². The van der Waals surface area contributed by atoms with Crippen molar-refractivity contribution in [2.75, 3.05) is 34.3 Å². The van der Waals surface area contributed by atoms with E-state index in [2.05, 4.69) is 0 Å². The summed E-state index contributed by atoms with van der Waals surface area (Å²) in [6, 6.07) is 10.0. The number of aliphatic hydroxyl groups excluding tert-OH is 1. The van der Waals surface area contributed by atoms with E-state index in [1.54, 1.807) is 24.3 Å². The minimum absolute atomic E-state index is 0.0196. The third-order valence-corrected chi connectivity index (χ3v) is 5.27. The van der Waals surface area contributed by atoms with Gasteiger partial charge in [-0.3, -0.25) is 9.59 Å². The van der Waals surface area contributed by atoms with E-state index in [1.165, 1.54) is 30.2 Å². The van der Waals surface area contributed by atoms with Crippen molar-refractivity contribution in [1.82, 2.24) is 9.80 Å². The van der Waals surface area contributed by atoms with Gasteiger partial charge in [-0.25, -0.2) is 0 Å². The van der Waals surface area contributed by atoms with Gasteiger partial charge < -0.3 is 24.7 Å². The molecule has 1 atom stereocenters. The van der Waals surface area contributed by atoms with E-state index in [4.69, 9.17) is 16.3 Å². The number of hydrogen-bond acceptors (Lipinski definition) is 6. The topological polar surface area (TPSA) is 90.3 Å². The van der Waals surface area contributed by atoms with Crippen molar-refractivity contribution < 1.29 is 24.5 Å². The Hall–Kier alpha value is -3.03. The Labute approximate surface area is 179 Å². The van der Waals surface area contributed by atoms with Crippen LogP contribution in [0.2, 0.25) is 5.02 Å². The molecule has 2 aromatic rings. The standard InChI is InChI=1S/C22H23ClN2O5/c1-24(2)10-11-25-19(13-4-7-15(26)8-5-13)18(21(28)22(25)29)20(27)14-6-9-16(23)17(12-14)30-3/h4-9,12,19,26-27H,10-11H2,1-3H3/b20-18-. The Morgan fingerprint density at radius 2 is 1.83 bits per heavy atom. The van der Waals surface area contributed by atoms with E-state index < -0.39 is 17.7 Å². The highest BCUT2D eigenvalue weighted by atomic mass is 35.5. The molecule has 1 saturated heterocycles. The highest BCUT2D eigenvalue weighted by Gasteiger charge is 2.45.